The molecule has 0 radical (unpaired) electrons. The van der Waals surface area contributed by atoms with Crippen molar-refractivity contribution in [2.24, 2.45) is 5.73 Å². The van der Waals surface area contributed by atoms with E-state index in [4.69, 9.17) is 10.5 Å². The van der Waals surface area contributed by atoms with Crippen LogP contribution in [0.1, 0.15) is 6.92 Å². The van der Waals surface area contributed by atoms with Gasteiger partial charge in [-0.25, -0.2) is 4.79 Å². The largest absolute Gasteiger partial charge is 0.450 e. The molecule has 0 bridgehead atoms. The van der Waals surface area contributed by atoms with Crippen molar-refractivity contribution in [3.8, 4) is 0 Å². The van der Waals surface area contributed by atoms with Gasteiger partial charge in [0.1, 0.15) is 0 Å². The number of carbonyl (C=O) groups excluding carboxylic acids is 2. The van der Waals surface area contributed by atoms with Crippen LogP contribution in [0.2, 0.25) is 0 Å². The molecule has 1 aliphatic rings. The van der Waals surface area contributed by atoms with Crippen LogP contribution in [0, 0.1) is 0 Å². The third-order valence-electron chi connectivity index (χ3n) is 1.70. The Bertz CT molecular complexity index is 205. The maximum Gasteiger partial charge on any atom is 0.410 e. The summed E-state index contributed by atoms with van der Waals surface area (Å²) in [7, 11) is 0. The van der Waals surface area contributed by atoms with Crippen molar-refractivity contribution < 1.29 is 14.3 Å². The lowest BCUT2D eigenvalue weighted by Gasteiger charge is -2.13. The van der Waals surface area contributed by atoms with Crippen LogP contribution in [0.4, 0.5) is 4.79 Å². The number of nitrogens with two attached hydrogens (primary N) is 1. The lowest BCUT2D eigenvalue weighted by molar-refractivity contribution is -0.117. The van der Waals surface area contributed by atoms with E-state index in [0.29, 0.717) is 6.61 Å². The maximum absolute atomic E-state index is 11.0. The smallest absolute Gasteiger partial charge is 0.410 e. The Kier molecular flexibility index (Phi) is 2.65. The Morgan fingerprint density at radius 3 is 2.92 bits per heavy atom. The molecule has 0 aromatic heterocycles. The van der Waals surface area contributed by atoms with Crippen molar-refractivity contribution in [1.82, 2.24) is 4.90 Å². The van der Waals surface area contributed by atoms with E-state index in [1.165, 1.54) is 4.90 Å². The second-order valence-electron chi connectivity index (χ2n) is 2.65. The zero-order valence-electron chi connectivity index (χ0n) is 6.95. The molecule has 0 saturated carbocycles. The number of ether oxygens (including phenoxy) is 1. The van der Waals surface area contributed by atoms with Gasteiger partial charge in [-0.05, 0) is 6.92 Å². The third kappa shape index (κ3) is 1.73. The molecule has 68 valence electrons. The van der Waals surface area contributed by atoms with E-state index >= 15 is 0 Å². The molecule has 2 N–H and O–H groups in total. The van der Waals surface area contributed by atoms with Gasteiger partial charge in [0.15, 0.2) is 5.78 Å². The Morgan fingerprint density at radius 2 is 2.50 bits per heavy atom. The van der Waals surface area contributed by atoms with E-state index in [-0.39, 0.29) is 18.9 Å². The van der Waals surface area contributed by atoms with Crippen LogP contribution in [0.3, 0.4) is 0 Å². The van der Waals surface area contributed by atoms with Crippen molar-refractivity contribution >= 4 is 11.9 Å². The summed E-state index contributed by atoms with van der Waals surface area (Å²) >= 11 is 0. The molecule has 1 amide bonds. The molecular formula is C7H12N2O3. The number of amides is 1. The number of hydrogen-bond acceptors (Lipinski definition) is 4. The molecule has 0 spiro atoms. The summed E-state index contributed by atoms with van der Waals surface area (Å²) in [6.45, 7) is 2.39. The number of carbonyl (C=O) groups is 2. The molecule has 5 heteroatoms. The van der Waals surface area contributed by atoms with Gasteiger partial charge in [-0.2, -0.15) is 0 Å². The zero-order valence-corrected chi connectivity index (χ0v) is 6.95. The zero-order chi connectivity index (χ0) is 9.14. The van der Waals surface area contributed by atoms with Gasteiger partial charge in [-0.1, -0.05) is 0 Å². The average Bonchev–Trinajstić information content (AvgIpc) is 2.33. The van der Waals surface area contributed by atoms with E-state index in [2.05, 4.69) is 0 Å². The topological polar surface area (TPSA) is 72.6 Å². The summed E-state index contributed by atoms with van der Waals surface area (Å²) in [5, 5.41) is 0. The molecule has 0 aromatic carbocycles. The molecule has 0 aliphatic carbocycles. The van der Waals surface area contributed by atoms with Crippen LogP contribution in [0.25, 0.3) is 0 Å². The van der Waals surface area contributed by atoms with Crippen LogP contribution in [0.15, 0.2) is 0 Å². The highest BCUT2D eigenvalue weighted by Crippen LogP contribution is 2.04. The van der Waals surface area contributed by atoms with Crippen molar-refractivity contribution in [1.29, 1.82) is 0 Å². The first-order chi connectivity index (χ1) is 5.65. The lowest BCUT2D eigenvalue weighted by atomic mass is 10.3. The second kappa shape index (κ2) is 3.53. The highest BCUT2D eigenvalue weighted by Gasteiger charge is 2.31. The second-order valence-corrected chi connectivity index (χ2v) is 2.65. The van der Waals surface area contributed by atoms with Crippen LogP contribution < -0.4 is 5.73 Å². The number of nitrogens with zero attached hydrogens (tertiary/aromatic N) is 1. The van der Waals surface area contributed by atoms with Gasteiger partial charge in [0.2, 0.25) is 0 Å². The number of likely N-dealkylation sites (tertiary alicyclic amines) is 1. The van der Waals surface area contributed by atoms with E-state index in [0.717, 1.165) is 0 Å². The van der Waals surface area contributed by atoms with E-state index in [9.17, 15) is 9.59 Å². The first-order valence-corrected chi connectivity index (χ1v) is 3.85. The molecule has 1 saturated heterocycles. The quantitative estimate of drug-likeness (QED) is 0.570. The monoisotopic (exact) mass is 172 g/mol. The number of hydrogen-bond donors (Lipinski definition) is 1. The molecule has 1 heterocycles. The van der Waals surface area contributed by atoms with E-state index in [1.54, 1.807) is 6.92 Å². The molecule has 5 nitrogen and oxygen atoms in total. The summed E-state index contributed by atoms with van der Waals surface area (Å²) in [4.78, 5) is 23.3. The highest BCUT2D eigenvalue weighted by atomic mass is 16.6. The van der Waals surface area contributed by atoms with Crippen LogP contribution >= 0.6 is 0 Å². The Morgan fingerprint density at radius 1 is 1.83 bits per heavy atom. The fourth-order valence-electron chi connectivity index (χ4n) is 1.06. The Balaban J connectivity index is 2.46. The summed E-state index contributed by atoms with van der Waals surface area (Å²) < 4.78 is 4.70. The molecule has 1 rings (SSSR count). The van der Waals surface area contributed by atoms with Gasteiger partial charge in [0.05, 0.1) is 19.2 Å². The minimum atomic E-state index is -0.533. The summed E-state index contributed by atoms with van der Waals surface area (Å²) in [5.74, 6) is -0.108. The first kappa shape index (κ1) is 8.99. The average molecular weight is 172 g/mol. The molecule has 1 unspecified atom stereocenters. The van der Waals surface area contributed by atoms with Crippen LogP contribution in [-0.2, 0) is 9.53 Å². The molecular weight excluding hydrogens is 160 g/mol. The minimum absolute atomic E-state index is 0.0833. The fourth-order valence-corrected chi connectivity index (χ4v) is 1.06. The summed E-state index contributed by atoms with van der Waals surface area (Å²) in [6.07, 6.45) is -0.459. The normalized spacial score (nSPS) is 23.0. The van der Waals surface area contributed by atoms with E-state index in [1.807, 2.05) is 0 Å². The van der Waals surface area contributed by atoms with E-state index < -0.39 is 12.1 Å². The lowest BCUT2D eigenvalue weighted by Crippen LogP contribution is -2.32. The molecule has 1 atom stereocenters. The van der Waals surface area contributed by atoms with Gasteiger partial charge < -0.3 is 10.5 Å². The van der Waals surface area contributed by atoms with Crippen molar-refractivity contribution in [2.75, 3.05) is 19.7 Å². The van der Waals surface area contributed by atoms with Gasteiger partial charge in [0.25, 0.3) is 0 Å². The minimum Gasteiger partial charge on any atom is -0.450 e. The number of Topliss-reactive ketones (excluding diaryl/α,β-unsaturated/α-hetero) is 1. The number of ketones is 1. The van der Waals surface area contributed by atoms with Crippen molar-refractivity contribution in [2.45, 2.75) is 13.0 Å². The summed E-state index contributed by atoms with van der Waals surface area (Å²) in [6, 6.07) is -0.533. The van der Waals surface area contributed by atoms with Gasteiger partial charge >= 0.3 is 6.09 Å². The predicted molar refractivity (Wildman–Crippen MR) is 41.6 cm³/mol. The molecule has 12 heavy (non-hydrogen) atoms. The van der Waals surface area contributed by atoms with Crippen LogP contribution in [-0.4, -0.2) is 42.5 Å². The summed E-state index contributed by atoms with van der Waals surface area (Å²) in [5.41, 5.74) is 5.40. The SMILES string of the molecule is CCOC(=O)N1CC(=O)C(N)C1. The fraction of sp³-hybridized carbons (Fsp3) is 0.714. The van der Waals surface area contributed by atoms with Crippen molar-refractivity contribution in [3.63, 3.8) is 0 Å². The highest BCUT2D eigenvalue weighted by molar-refractivity contribution is 5.91. The predicted octanol–water partition coefficient (Wildman–Crippen LogP) is -0.645. The number of rotatable bonds is 1. The molecule has 0 aromatic rings. The molecule has 1 fully saturated rings. The standard InChI is InChI=1S/C7H12N2O3/c1-2-12-7(11)9-3-5(8)6(10)4-9/h5H,2-4,8H2,1H3. The third-order valence-corrected chi connectivity index (χ3v) is 1.70. The maximum atomic E-state index is 11.0. The molecule has 1 aliphatic heterocycles. The van der Waals surface area contributed by atoms with Gasteiger partial charge in [-0.3, -0.25) is 9.69 Å². The van der Waals surface area contributed by atoms with Gasteiger partial charge in [0, 0.05) is 6.54 Å². The van der Waals surface area contributed by atoms with Crippen molar-refractivity contribution in [3.05, 3.63) is 0 Å². The Hall–Kier alpha value is -1.10. The van der Waals surface area contributed by atoms with Gasteiger partial charge in [-0.15, -0.1) is 0 Å². The van der Waals surface area contributed by atoms with Crippen LogP contribution in [0.5, 0.6) is 0 Å². The first-order valence-electron chi connectivity index (χ1n) is 3.85. The Labute approximate surface area is 70.5 Å².